The maximum atomic E-state index is 13.3. The molecule has 25 heavy (non-hydrogen) atoms. The van der Waals surface area contributed by atoms with Crippen molar-refractivity contribution in [3.63, 3.8) is 0 Å². The van der Waals surface area contributed by atoms with E-state index in [-0.39, 0.29) is 11.3 Å². The Morgan fingerprint density at radius 3 is 2.80 bits per heavy atom. The van der Waals surface area contributed by atoms with Gasteiger partial charge in [0.05, 0.1) is 11.7 Å². The second kappa shape index (κ2) is 6.81. The molecule has 2 amide bonds. The van der Waals surface area contributed by atoms with E-state index in [1.807, 2.05) is 15.7 Å². The first kappa shape index (κ1) is 16.6. The summed E-state index contributed by atoms with van der Waals surface area (Å²) >= 11 is 0. The van der Waals surface area contributed by atoms with Crippen molar-refractivity contribution in [1.29, 1.82) is 0 Å². The van der Waals surface area contributed by atoms with Crippen molar-refractivity contribution in [2.45, 2.75) is 64.0 Å². The molecule has 3 fully saturated rings. The molecule has 2 saturated heterocycles. The fourth-order valence-corrected chi connectivity index (χ4v) is 4.44. The highest BCUT2D eigenvalue weighted by molar-refractivity contribution is 5.85. The van der Waals surface area contributed by atoms with Crippen LogP contribution in [0.5, 0.6) is 0 Å². The summed E-state index contributed by atoms with van der Waals surface area (Å²) in [6.07, 6.45) is 13.5. The molecule has 2 aliphatic heterocycles. The zero-order chi connectivity index (χ0) is 17.3. The summed E-state index contributed by atoms with van der Waals surface area (Å²) in [6.45, 7) is 3.33. The lowest BCUT2D eigenvalue weighted by Gasteiger charge is -2.39. The van der Waals surface area contributed by atoms with Crippen molar-refractivity contribution < 1.29 is 9.59 Å². The van der Waals surface area contributed by atoms with Crippen LogP contribution in [0.3, 0.4) is 0 Å². The van der Waals surface area contributed by atoms with Crippen LogP contribution in [-0.4, -0.2) is 56.8 Å². The van der Waals surface area contributed by atoms with Crippen LogP contribution in [-0.2, 0) is 16.1 Å². The first-order valence-electron chi connectivity index (χ1n) is 9.73. The molecule has 0 aromatic carbocycles. The van der Waals surface area contributed by atoms with Crippen LogP contribution in [0.2, 0.25) is 0 Å². The van der Waals surface area contributed by atoms with Gasteiger partial charge in [-0.2, -0.15) is 0 Å². The number of aromatic nitrogens is 2. The number of amides is 2. The van der Waals surface area contributed by atoms with Gasteiger partial charge >= 0.3 is 0 Å². The summed E-state index contributed by atoms with van der Waals surface area (Å²) in [5, 5.41) is 0. The van der Waals surface area contributed by atoms with Crippen LogP contribution in [0.15, 0.2) is 18.7 Å². The Bertz CT molecular complexity index is 623. The Balaban J connectivity index is 1.40. The second-order valence-corrected chi connectivity index (χ2v) is 7.94. The third-order valence-corrected chi connectivity index (χ3v) is 6.14. The highest BCUT2D eigenvalue weighted by Gasteiger charge is 2.52. The lowest BCUT2D eigenvalue weighted by atomic mass is 9.95. The van der Waals surface area contributed by atoms with E-state index >= 15 is 0 Å². The average molecular weight is 344 g/mol. The van der Waals surface area contributed by atoms with Crippen molar-refractivity contribution in [2.75, 3.05) is 19.6 Å². The van der Waals surface area contributed by atoms with Crippen molar-refractivity contribution in [2.24, 2.45) is 5.41 Å². The van der Waals surface area contributed by atoms with Crippen LogP contribution in [0.25, 0.3) is 0 Å². The fourth-order valence-electron chi connectivity index (χ4n) is 4.44. The zero-order valence-electron chi connectivity index (χ0n) is 14.9. The number of nitrogens with zero attached hydrogens (tertiary/aromatic N) is 4. The highest BCUT2D eigenvalue weighted by atomic mass is 16.2. The smallest absolute Gasteiger partial charge is 0.230 e. The summed E-state index contributed by atoms with van der Waals surface area (Å²) in [4.78, 5) is 33.4. The Morgan fingerprint density at radius 2 is 2.12 bits per heavy atom. The molecule has 4 rings (SSSR count). The van der Waals surface area contributed by atoms with Crippen molar-refractivity contribution in [3.05, 3.63) is 18.7 Å². The van der Waals surface area contributed by atoms with Gasteiger partial charge in [-0.1, -0.05) is 0 Å². The molecule has 1 atom stereocenters. The van der Waals surface area contributed by atoms with Crippen molar-refractivity contribution >= 4 is 11.8 Å². The molecule has 1 aromatic heterocycles. The van der Waals surface area contributed by atoms with E-state index in [0.717, 1.165) is 64.7 Å². The largest absolute Gasteiger partial charge is 0.343 e. The maximum Gasteiger partial charge on any atom is 0.230 e. The first-order valence-corrected chi connectivity index (χ1v) is 9.73. The molecule has 6 nitrogen and oxygen atoms in total. The second-order valence-electron chi connectivity index (χ2n) is 7.94. The Morgan fingerprint density at radius 1 is 1.24 bits per heavy atom. The standard InChI is InChI=1S/C19H28N4O2/c24-17-5-3-10-22(17)12-6-16-4-1-2-11-23(16)18(25)19(7-8-19)14-21-13-9-20-15-21/h9,13,15-16H,1-8,10-12,14H2/t16-/m0/s1. The normalized spacial score (nSPS) is 25.4. The quantitative estimate of drug-likeness (QED) is 0.794. The molecule has 0 unspecified atom stereocenters. The minimum absolute atomic E-state index is 0.209. The van der Waals surface area contributed by atoms with Crippen molar-refractivity contribution in [3.8, 4) is 0 Å². The molecular weight excluding hydrogens is 316 g/mol. The lowest BCUT2D eigenvalue weighted by Crippen LogP contribution is -2.49. The van der Waals surface area contributed by atoms with Gasteiger partial charge in [-0.3, -0.25) is 9.59 Å². The molecule has 3 heterocycles. The molecule has 0 spiro atoms. The molecule has 0 N–H and O–H groups in total. The SMILES string of the molecule is O=C1CCCN1CC[C@@H]1CCCCN1C(=O)C1(Cn2ccnc2)CC1. The lowest BCUT2D eigenvalue weighted by molar-refractivity contribution is -0.141. The van der Waals surface area contributed by atoms with E-state index in [2.05, 4.69) is 9.88 Å². The van der Waals surface area contributed by atoms with Crippen LogP contribution in [0.1, 0.15) is 51.4 Å². The summed E-state index contributed by atoms with van der Waals surface area (Å²) in [5.41, 5.74) is -0.209. The van der Waals surface area contributed by atoms with Gasteiger partial charge in [-0.25, -0.2) is 4.98 Å². The number of rotatable bonds is 6. The molecule has 0 radical (unpaired) electrons. The third kappa shape index (κ3) is 3.44. The number of piperidine rings is 1. The molecule has 136 valence electrons. The van der Waals surface area contributed by atoms with Gasteiger partial charge < -0.3 is 14.4 Å². The van der Waals surface area contributed by atoms with Gasteiger partial charge in [-0.05, 0) is 44.9 Å². The van der Waals surface area contributed by atoms with Crippen LogP contribution in [0, 0.1) is 5.41 Å². The van der Waals surface area contributed by atoms with E-state index in [9.17, 15) is 9.59 Å². The minimum Gasteiger partial charge on any atom is -0.343 e. The van der Waals surface area contributed by atoms with Crippen LogP contribution < -0.4 is 0 Å². The number of imidazole rings is 1. The van der Waals surface area contributed by atoms with Gasteiger partial charge in [0.1, 0.15) is 0 Å². The monoisotopic (exact) mass is 344 g/mol. The van der Waals surface area contributed by atoms with Gasteiger partial charge in [0.25, 0.3) is 0 Å². The summed E-state index contributed by atoms with van der Waals surface area (Å²) in [6, 6.07) is 0.301. The molecular formula is C19H28N4O2. The Kier molecular flexibility index (Phi) is 4.52. The van der Waals surface area contributed by atoms with E-state index in [4.69, 9.17) is 0 Å². The van der Waals surface area contributed by atoms with E-state index in [1.165, 1.54) is 6.42 Å². The van der Waals surface area contributed by atoms with Crippen LogP contribution in [0.4, 0.5) is 0 Å². The zero-order valence-corrected chi connectivity index (χ0v) is 14.9. The number of likely N-dealkylation sites (tertiary alicyclic amines) is 2. The Hall–Kier alpha value is -1.85. The maximum absolute atomic E-state index is 13.3. The van der Waals surface area contributed by atoms with Gasteiger partial charge in [0.2, 0.25) is 11.8 Å². The predicted molar refractivity (Wildman–Crippen MR) is 93.7 cm³/mol. The Labute approximate surface area is 149 Å². The summed E-state index contributed by atoms with van der Waals surface area (Å²) < 4.78 is 2.03. The number of hydrogen-bond acceptors (Lipinski definition) is 3. The summed E-state index contributed by atoms with van der Waals surface area (Å²) in [5.74, 6) is 0.617. The van der Waals surface area contributed by atoms with E-state index < -0.39 is 0 Å². The van der Waals surface area contributed by atoms with Gasteiger partial charge in [0, 0.05) is 51.0 Å². The molecule has 3 aliphatic rings. The number of carbonyl (C=O) groups is 2. The van der Waals surface area contributed by atoms with E-state index in [0.29, 0.717) is 18.4 Å². The molecule has 0 bridgehead atoms. The molecule has 1 aromatic rings. The molecule has 1 aliphatic carbocycles. The molecule has 6 heteroatoms. The topological polar surface area (TPSA) is 58.4 Å². The minimum atomic E-state index is -0.209. The number of carbonyl (C=O) groups excluding carboxylic acids is 2. The van der Waals surface area contributed by atoms with E-state index in [1.54, 1.807) is 12.5 Å². The van der Waals surface area contributed by atoms with Gasteiger partial charge in [-0.15, -0.1) is 0 Å². The highest BCUT2D eigenvalue weighted by Crippen LogP contribution is 2.49. The average Bonchev–Trinajstić information content (AvgIpc) is 3.01. The number of hydrogen-bond donors (Lipinski definition) is 0. The van der Waals surface area contributed by atoms with Gasteiger partial charge in [0.15, 0.2) is 0 Å². The predicted octanol–water partition coefficient (Wildman–Crippen LogP) is 2.06. The fraction of sp³-hybridized carbons (Fsp3) is 0.737. The first-order chi connectivity index (χ1) is 12.2. The van der Waals surface area contributed by atoms with Crippen LogP contribution >= 0.6 is 0 Å². The van der Waals surface area contributed by atoms with Crippen molar-refractivity contribution in [1.82, 2.24) is 19.4 Å². The summed E-state index contributed by atoms with van der Waals surface area (Å²) in [7, 11) is 0. The molecule has 1 saturated carbocycles. The third-order valence-electron chi connectivity index (χ3n) is 6.14.